The Balaban J connectivity index is 2.19. The lowest BCUT2D eigenvalue weighted by Gasteiger charge is -2.05. The molecule has 0 N–H and O–H groups in total. The molecule has 1 aromatic carbocycles. The lowest BCUT2D eigenvalue weighted by atomic mass is 10.2. The highest BCUT2D eigenvalue weighted by atomic mass is 35.5. The maximum atomic E-state index is 12.1. The maximum Gasteiger partial charge on any atom is 0.336 e. The van der Waals surface area contributed by atoms with Gasteiger partial charge in [-0.1, -0.05) is 25.4 Å². The first-order valence-corrected chi connectivity index (χ1v) is 8.56. The lowest BCUT2D eigenvalue weighted by molar-refractivity contribution is -0.385. The number of nitrogens with zero attached hydrogens (tertiary/aromatic N) is 3. The van der Waals surface area contributed by atoms with Gasteiger partial charge >= 0.3 is 11.7 Å². The van der Waals surface area contributed by atoms with E-state index in [0.717, 1.165) is 6.08 Å². The summed E-state index contributed by atoms with van der Waals surface area (Å²) in [7, 11) is 1.39. The molecule has 0 fully saturated rings. The summed E-state index contributed by atoms with van der Waals surface area (Å²) in [5.41, 5.74) is 0.897. The molecule has 27 heavy (non-hydrogen) atoms. The standard InChI is InChI=1S/C18H20ClN3O5/c1-11(2)10-21-18(19)14(12(3)20-21)6-8-17(23)27-16-7-5-13(26-4)9-15(16)22(24)25/h5-9,11H,10H2,1-4H3/b8-6+. The largest absolute Gasteiger partial charge is 0.496 e. The fourth-order valence-corrected chi connectivity index (χ4v) is 2.68. The second-order valence-electron chi connectivity index (χ2n) is 6.21. The van der Waals surface area contributed by atoms with Gasteiger partial charge < -0.3 is 9.47 Å². The zero-order valence-electron chi connectivity index (χ0n) is 15.4. The van der Waals surface area contributed by atoms with Crippen molar-refractivity contribution < 1.29 is 19.2 Å². The summed E-state index contributed by atoms with van der Waals surface area (Å²) in [6.45, 7) is 6.52. The van der Waals surface area contributed by atoms with E-state index in [0.29, 0.717) is 28.9 Å². The Kier molecular flexibility index (Phi) is 6.57. The summed E-state index contributed by atoms with van der Waals surface area (Å²) >= 11 is 6.31. The number of aromatic nitrogens is 2. The Labute approximate surface area is 161 Å². The van der Waals surface area contributed by atoms with Crippen molar-refractivity contribution in [2.45, 2.75) is 27.3 Å². The summed E-state index contributed by atoms with van der Waals surface area (Å²) < 4.78 is 11.7. The third-order valence-corrected chi connectivity index (χ3v) is 4.01. The summed E-state index contributed by atoms with van der Waals surface area (Å²) in [6, 6.07) is 3.96. The van der Waals surface area contributed by atoms with Crippen LogP contribution in [-0.2, 0) is 11.3 Å². The van der Waals surface area contributed by atoms with Crippen molar-refractivity contribution in [2.75, 3.05) is 7.11 Å². The van der Waals surface area contributed by atoms with Crippen LogP contribution in [0, 0.1) is 23.0 Å². The highest BCUT2D eigenvalue weighted by Gasteiger charge is 2.19. The molecule has 2 aromatic rings. The number of hydrogen-bond acceptors (Lipinski definition) is 6. The number of ether oxygens (including phenoxy) is 2. The molecule has 0 saturated heterocycles. The number of halogens is 1. The SMILES string of the molecule is COc1ccc(OC(=O)/C=C/c2c(C)nn(CC(C)C)c2Cl)c([N+](=O)[O-])c1. The Morgan fingerprint density at radius 3 is 2.74 bits per heavy atom. The van der Waals surface area contributed by atoms with Gasteiger partial charge in [-0.25, -0.2) is 4.79 Å². The molecule has 0 radical (unpaired) electrons. The molecule has 0 aliphatic heterocycles. The van der Waals surface area contributed by atoms with E-state index in [1.807, 2.05) is 13.8 Å². The quantitative estimate of drug-likeness (QED) is 0.231. The smallest absolute Gasteiger partial charge is 0.336 e. The van der Waals surface area contributed by atoms with Crippen LogP contribution in [0.5, 0.6) is 11.5 Å². The summed E-state index contributed by atoms with van der Waals surface area (Å²) in [6.07, 6.45) is 2.64. The number of aryl methyl sites for hydroxylation is 1. The predicted molar refractivity (Wildman–Crippen MR) is 101 cm³/mol. The number of hydrogen-bond donors (Lipinski definition) is 0. The van der Waals surface area contributed by atoms with E-state index in [9.17, 15) is 14.9 Å². The van der Waals surface area contributed by atoms with Gasteiger partial charge in [-0.05, 0) is 31.1 Å². The molecule has 9 heteroatoms. The van der Waals surface area contributed by atoms with Crippen LogP contribution in [0.1, 0.15) is 25.1 Å². The molecule has 144 valence electrons. The zero-order valence-corrected chi connectivity index (χ0v) is 16.2. The van der Waals surface area contributed by atoms with Crippen LogP contribution in [0.15, 0.2) is 24.3 Å². The predicted octanol–water partition coefficient (Wildman–Crippen LogP) is 4.04. The Morgan fingerprint density at radius 2 is 2.15 bits per heavy atom. The van der Waals surface area contributed by atoms with Crippen molar-refractivity contribution in [1.29, 1.82) is 0 Å². The van der Waals surface area contributed by atoms with Gasteiger partial charge in [0.2, 0.25) is 5.75 Å². The van der Waals surface area contributed by atoms with Crippen LogP contribution in [-0.4, -0.2) is 27.8 Å². The van der Waals surface area contributed by atoms with E-state index in [1.165, 1.54) is 31.4 Å². The minimum absolute atomic E-state index is 0.172. The lowest BCUT2D eigenvalue weighted by Crippen LogP contribution is -2.06. The van der Waals surface area contributed by atoms with Gasteiger partial charge in [-0.15, -0.1) is 0 Å². The van der Waals surface area contributed by atoms with E-state index in [-0.39, 0.29) is 17.2 Å². The molecule has 0 aliphatic rings. The van der Waals surface area contributed by atoms with Crippen molar-refractivity contribution >= 4 is 29.3 Å². The minimum atomic E-state index is -0.768. The van der Waals surface area contributed by atoms with Gasteiger partial charge in [-0.3, -0.25) is 14.8 Å². The number of benzene rings is 1. The number of esters is 1. The summed E-state index contributed by atoms with van der Waals surface area (Å²) in [5, 5.41) is 15.9. The van der Waals surface area contributed by atoms with Crippen molar-refractivity contribution in [3.8, 4) is 11.5 Å². The molecular formula is C18H20ClN3O5. The van der Waals surface area contributed by atoms with E-state index in [4.69, 9.17) is 21.1 Å². The van der Waals surface area contributed by atoms with Gasteiger partial charge in [0.25, 0.3) is 0 Å². The molecular weight excluding hydrogens is 374 g/mol. The average molecular weight is 394 g/mol. The first-order valence-electron chi connectivity index (χ1n) is 8.18. The van der Waals surface area contributed by atoms with E-state index in [2.05, 4.69) is 5.10 Å². The van der Waals surface area contributed by atoms with Crippen LogP contribution in [0.4, 0.5) is 5.69 Å². The molecule has 1 heterocycles. The third kappa shape index (κ3) is 5.07. The van der Waals surface area contributed by atoms with Crippen molar-refractivity contribution in [1.82, 2.24) is 9.78 Å². The van der Waals surface area contributed by atoms with Crippen molar-refractivity contribution in [3.63, 3.8) is 0 Å². The molecule has 0 atom stereocenters. The maximum absolute atomic E-state index is 12.1. The molecule has 1 aromatic heterocycles. The van der Waals surface area contributed by atoms with Crippen molar-refractivity contribution in [3.05, 3.63) is 50.8 Å². The number of rotatable bonds is 7. The normalized spacial score (nSPS) is 11.2. The van der Waals surface area contributed by atoms with Crippen LogP contribution >= 0.6 is 11.6 Å². The van der Waals surface area contributed by atoms with E-state index in [1.54, 1.807) is 11.6 Å². The highest BCUT2D eigenvalue weighted by Crippen LogP contribution is 2.31. The second kappa shape index (κ2) is 8.68. The molecule has 0 saturated carbocycles. The molecule has 0 unspecified atom stereocenters. The topological polar surface area (TPSA) is 96.5 Å². The molecule has 2 rings (SSSR count). The zero-order chi connectivity index (χ0) is 20.1. The van der Waals surface area contributed by atoms with E-state index < -0.39 is 10.9 Å². The number of nitro groups is 1. The molecule has 8 nitrogen and oxygen atoms in total. The van der Waals surface area contributed by atoms with Gasteiger partial charge in [0.1, 0.15) is 10.9 Å². The summed E-state index contributed by atoms with van der Waals surface area (Å²) in [5.74, 6) is -0.291. The van der Waals surface area contributed by atoms with E-state index >= 15 is 0 Å². The van der Waals surface area contributed by atoms with Crippen LogP contribution < -0.4 is 9.47 Å². The third-order valence-electron chi connectivity index (χ3n) is 3.61. The van der Waals surface area contributed by atoms with Gasteiger partial charge in [-0.2, -0.15) is 5.10 Å². The first kappa shape index (κ1) is 20.4. The number of carbonyl (C=O) groups is 1. The number of methoxy groups -OCH3 is 1. The highest BCUT2D eigenvalue weighted by molar-refractivity contribution is 6.31. The molecule has 0 amide bonds. The molecule has 0 aliphatic carbocycles. The van der Waals surface area contributed by atoms with Gasteiger partial charge in [0.05, 0.1) is 23.8 Å². The average Bonchev–Trinajstić information content (AvgIpc) is 2.86. The Hall–Kier alpha value is -2.87. The van der Waals surface area contributed by atoms with Crippen LogP contribution in [0.2, 0.25) is 5.15 Å². The van der Waals surface area contributed by atoms with Crippen LogP contribution in [0.25, 0.3) is 6.08 Å². The summed E-state index contributed by atoms with van der Waals surface area (Å²) in [4.78, 5) is 22.6. The monoisotopic (exact) mass is 393 g/mol. The second-order valence-corrected chi connectivity index (χ2v) is 6.57. The Bertz CT molecular complexity index is 889. The first-order chi connectivity index (χ1) is 12.7. The van der Waals surface area contributed by atoms with Crippen LogP contribution in [0.3, 0.4) is 0 Å². The number of carbonyl (C=O) groups excluding carboxylic acids is 1. The van der Waals surface area contributed by atoms with Crippen molar-refractivity contribution in [2.24, 2.45) is 5.92 Å². The number of nitro benzene ring substituents is 1. The van der Waals surface area contributed by atoms with Gasteiger partial charge in [0, 0.05) is 18.2 Å². The molecule has 0 bridgehead atoms. The van der Waals surface area contributed by atoms with Gasteiger partial charge in [0.15, 0.2) is 0 Å². The molecule has 0 spiro atoms. The minimum Gasteiger partial charge on any atom is -0.496 e. The Morgan fingerprint density at radius 1 is 1.44 bits per heavy atom. The fourth-order valence-electron chi connectivity index (χ4n) is 2.37. The fraction of sp³-hybridized carbons (Fsp3) is 0.333.